The Morgan fingerprint density at radius 2 is 2.16 bits per heavy atom. The number of nitrogens with zero attached hydrogens (tertiary/aromatic N) is 6. The summed E-state index contributed by atoms with van der Waals surface area (Å²) in [6.07, 6.45) is -1.80. The SMILES string of the molecule is CCCc1nc(C(F)(F)F)nn1C(=O)n1cncn1. The number of aromatic nitrogens is 6. The van der Waals surface area contributed by atoms with E-state index in [-0.39, 0.29) is 12.2 Å². The standard InChI is InChI=1S/C9H9F3N6O/c1-2-3-6-15-7(9(10,11)12)16-18(6)8(19)17-5-13-4-14-17/h4-5H,2-3H2,1H3. The Bertz CT molecular complexity index is 573. The molecule has 0 bridgehead atoms. The third-order valence-electron chi connectivity index (χ3n) is 2.20. The molecule has 2 heterocycles. The van der Waals surface area contributed by atoms with Crippen molar-refractivity contribution < 1.29 is 18.0 Å². The molecule has 0 saturated carbocycles. The predicted molar refractivity (Wildman–Crippen MR) is 55.2 cm³/mol. The fourth-order valence-corrected chi connectivity index (χ4v) is 1.41. The van der Waals surface area contributed by atoms with E-state index >= 15 is 0 Å². The fourth-order valence-electron chi connectivity index (χ4n) is 1.41. The van der Waals surface area contributed by atoms with Crippen LogP contribution >= 0.6 is 0 Å². The summed E-state index contributed by atoms with van der Waals surface area (Å²) in [6.45, 7) is 1.76. The molecular weight excluding hydrogens is 265 g/mol. The van der Waals surface area contributed by atoms with E-state index in [1.165, 1.54) is 0 Å². The van der Waals surface area contributed by atoms with Gasteiger partial charge in [0, 0.05) is 6.42 Å². The number of hydrogen-bond donors (Lipinski definition) is 0. The first-order chi connectivity index (χ1) is 8.93. The molecule has 10 heteroatoms. The van der Waals surface area contributed by atoms with Gasteiger partial charge in [0.15, 0.2) is 0 Å². The molecule has 0 aliphatic rings. The van der Waals surface area contributed by atoms with Gasteiger partial charge in [-0.3, -0.25) is 0 Å². The highest BCUT2D eigenvalue weighted by Crippen LogP contribution is 2.26. The van der Waals surface area contributed by atoms with Crippen LogP contribution in [0.15, 0.2) is 12.7 Å². The van der Waals surface area contributed by atoms with Gasteiger partial charge in [0.25, 0.3) is 5.82 Å². The van der Waals surface area contributed by atoms with Crippen molar-refractivity contribution in [3.05, 3.63) is 24.3 Å². The average Bonchev–Trinajstić information content (AvgIpc) is 2.96. The lowest BCUT2D eigenvalue weighted by Gasteiger charge is -2.02. The number of rotatable bonds is 2. The smallest absolute Gasteiger partial charge is 0.243 e. The van der Waals surface area contributed by atoms with Gasteiger partial charge in [-0.25, -0.2) is 14.8 Å². The molecule has 2 aromatic heterocycles. The molecule has 0 fully saturated rings. The van der Waals surface area contributed by atoms with E-state index in [4.69, 9.17) is 0 Å². The number of hydrogen-bond acceptors (Lipinski definition) is 5. The Hall–Kier alpha value is -2.26. The predicted octanol–water partition coefficient (Wildman–Crippen LogP) is 1.36. The summed E-state index contributed by atoms with van der Waals surface area (Å²) in [5.74, 6) is -1.40. The van der Waals surface area contributed by atoms with Crippen LogP contribution in [0.25, 0.3) is 0 Å². The molecule has 7 nitrogen and oxygen atoms in total. The van der Waals surface area contributed by atoms with Gasteiger partial charge in [-0.1, -0.05) is 6.92 Å². The molecule has 0 saturated heterocycles. The van der Waals surface area contributed by atoms with Crippen LogP contribution in [0.1, 0.15) is 25.0 Å². The van der Waals surface area contributed by atoms with Gasteiger partial charge in [0.1, 0.15) is 18.5 Å². The van der Waals surface area contributed by atoms with E-state index < -0.39 is 18.0 Å². The number of aryl methyl sites for hydroxylation is 1. The number of carbonyl (C=O) groups is 1. The van der Waals surface area contributed by atoms with E-state index in [0.717, 1.165) is 17.3 Å². The molecular formula is C9H9F3N6O. The lowest BCUT2D eigenvalue weighted by atomic mass is 10.3. The Morgan fingerprint density at radius 3 is 2.68 bits per heavy atom. The van der Waals surface area contributed by atoms with Crippen LogP contribution in [0.3, 0.4) is 0 Å². The lowest BCUT2D eigenvalue weighted by molar-refractivity contribution is -0.144. The van der Waals surface area contributed by atoms with Crippen molar-refractivity contribution in [3.8, 4) is 0 Å². The highest BCUT2D eigenvalue weighted by atomic mass is 19.4. The maximum Gasteiger partial charge on any atom is 0.453 e. The summed E-state index contributed by atoms with van der Waals surface area (Å²) in [5, 5.41) is 6.75. The zero-order chi connectivity index (χ0) is 14.0. The summed E-state index contributed by atoms with van der Waals surface area (Å²) in [4.78, 5) is 18.8. The minimum absolute atomic E-state index is 0.0599. The fraction of sp³-hybridized carbons (Fsp3) is 0.444. The first kappa shape index (κ1) is 13.2. The van der Waals surface area contributed by atoms with Crippen molar-refractivity contribution in [1.82, 2.24) is 29.5 Å². The topological polar surface area (TPSA) is 78.5 Å². The summed E-state index contributed by atoms with van der Waals surface area (Å²) in [6, 6.07) is -0.857. The molecule has 0 aliphatic heterocycles. The maximum atomic E-state index is 12.5. The largest absolute Gasteiger partial charge is 0.453 e. The van der Waals surface area contributed by atoms with Crippen molar-refractivity contribution in [2.24, 2.45) is 0 Å². The molecule has 0 amide bonds. The quantitative estimate of drug-likeness (QED) is 0.826. The Labute approximate surface area is 105 Å². The van der Waals surface area contributed by atoms with Gasteiger partial charge < -0.3 is 0 Å². The first-order valence-corrected chi connectivity index (χ1v) is 5.36. The molecule has 102 valence electrons. The van der Waals surface area contributed by atoms with E-state index in [1.54, 1.807) is 6.92 Å². The van der Waals surface area contributed by atoms with E-state index in [2.05, 4.69) is 20.2 Å². The Kier molecular flexibility index (Phi) is 3.32. The van der Waals surface area contributed by atoms with Crippen LogP contribution in [0, 0.1) is 0 Å². The van der Waals surface area contributed by atoms with Crippen molar-refractivity contribution in [2.45, 2.75) is 25.9 Å². The second kappa shape index (κ2) is 4.78. The van der Waals surface area contributed by atoms with Gasteiger partial charge in [-0.2, -0.15) is 27.6 Å². The lowest BCUT2D eigenvalue weighted by Crippen LogP contribution is -2.23. The molecule has 0 aliphatic carbocycles. The Morgan fingerprint density at radius 1 is 1.42 bits per heavy atom. The molecule has 0 N–H and O–H groups in total. The van der Waals surface area contributed by atoms with Crippen LogP contribution in [-0.2, 0) is 12.6 Å². The first-order valence-electron chi connectivity index (χ1n) is 5.36. The van der Waals surface area contributed by atoms with E-state index in [1.807, 2.05) is 0 Å². The zero-order valence-corrected chi connectivity index (χ0v) is 9.79. The molecule has 2 aromatic rings. The molecule has 0 radical (unpaired) electrons. The van der Waals surface area contributed by atoms with Crippen LogP contribution in [0.5, 0.6) is 0 Å². The molecule has 0 spiro atoms. The average molecular weight is 274 g/mol. The van der Waals surface area contributed by atoms with Gasteiger partial charge in [0.2, 0.25) is 0 Å². The van der Waals surface area contributed by atoms with Crippen LogP contribution in [0.2, 0.25) is 0 Å². The van der Waals surface area contributed by atoms with Crippen molar-refractivity contribution >= 4 is 6.03 Å². The normalized spacial score (nSPS) is 11.8. The second-order valence-electron chi connectivity index (χ2n) is 3.63. The van der Waals surface area contributed by atoms with Gasteiger partial charge in [-0.05, 0) is 6.42 Å². The molecule has 2 rings (SSSR count). The minimum Gasteiger partial charge on any atom is -0.243 e. The van der Waals surface area contributed by atoms with Crippen molar-refractivity contribution in [1.29, 1.82) is 0 Å². The van der Waals surface area contributed by atoms with E-state index in [0.29, 0.717) is 11.1 Å². The van der Waals surface area contributed by atoms with Gasteiger partial charge in [0.05, 0.1) is 0 Å². The summed E-state index contributed by atoms with van der Waals surface area (Å²) < 4.78 is 39.0. The monoisotopic (exact) mass is 274 g/mol. The highest BCUT2D eigenvalue weighted by Gasteiger charge is 2.37. The Balaban J connectivity index is 2.43. The summed E-state index contributed by atoms with van der Waals surface area (Å²) in [5.41, 5.74) is 0. The third kappa shape index (κ3) is 2.61. The molecule has 19 heavy (non-hydrogen) atoms. The van der Waals surface area contributed by atoms with Crippen LogP contribution in [-0.4, -0.2) is 35.6 Å². The van der Waals surface area contributed by atoms with Gasteiger partial charge in [-0.15, -0.1) is 5.10 Å². The summed E-state index contributed by atoms with van der Waals surface area (Å²) >= 11 is 0. The van der Waals surface area contributed by atoms with Gasteiger partial charge >= 0.3 is 12.2 Å². The highest BCUT2D eigenvalue weighted by molar-refractivity contribution is 5.77. The minimum atomic E-state index is -4.70. The third-order valence-corrected chi connectivity index (χ3v) is 2.20. The number of carbonyl (C=O) groups excluding carboxylic acids is 1. The number of halogens is 3. The second-order valence-corrected chi connectivity index (χ2v) is 3.63. The van der Waals surface area contributed by atoms with Crippen LogP contribution < -0.4 is 0 Å². The molecule has 0 atom stereocenters. The summed E-state index contributed by atoms with van der Waals surface area (Å²) in [7, 11) is 0. The molecule has 0 unspecified atom stereocenters. The zero-order valence-electron chi connectivity index (χ0n) is 9.79. The van der Waals surface area contributed by atoms with Crippen molar-refractivity contribution in [2.75, 3.05) is 0 Å². The van der Waals surface area contributed by atoms with Crippen molar-refractivity contribution in [3.63, 3.8) is 0 Å². The molecule has 0 aromatic carbocycles. The number of alkyl halides is 3. The van der Waals surface area contributed by atoms with E-state index in [9.17, 15) is 18.0 Å². The van der Waals surface area contributed by atoms with Crippen LogP contribution in [0.4, 0.5) is 18.0 Å². The maximum absolute atomic E-state index is 12.5.